The molecule has 0 radical (unpaired) electrons. The number of rotatable bonds is 4. The molecule has 0 amide bonds. The normalized spacial score (nSPS) is 10.5. The van der Waals surface area contributed by atoms with Crippen LogP contribution < -0.4 is 5.32 Å². The Balaban J connectivity index is 2.23. The van der Waals surface area contributed by atoms with E-state index in [0.29, 0.717) is 18.1 Å². The van der Waals surface area contributed by atoms with Gasteiger partial charge >= 0.3 is 0 Å². The number of hydrogen-bond donors (Lipinski definition) is 1. The van der Waals surface area contributed by atoms with Crippen LogP contribution in [0.1, 0.15) is 12.6 Å². The second-order valence-electron chi connectivity index (χ2n) is 3.51. The van der Waals surface area contributed by atoms with Gasteiger partial charge in [-0.2, -0.15) is 0 Å². The number of nitrogens with one attached hydrogen (secondary N) is 1. The van der Waals surface area contributed by atoms with Gasteiger partial charge in [0, 0.05) is 12.7 Å². The Bertz CT molecular complexity index is 484. The number of pyridine rings is 1. The maximum atomic E-state index is 12.7. The molecule has 4 nitrogen and oxygen atoms in total. The van der Waals surface area contributed by atoms with Gasteiger partial charge in [-0.25, -0.2) is 19.3 Å². The minimum atomic E-state index is -0.363. The van der Waals surface area contributed by atoms with E-state index in [0.717, 1.165) is 18.4 Å². The zero-order valence-corrected chi connectivity index (χ0v) is 9.52. The molecule has 0 bridgehead atoms. The summed E-state index contributed by atoms with van der Waals surface area (Å²) in [4.78, 5) is 12.4. The van der Waals surface area contributed by atoms with Crippen molar-refractivity contribution in [3.05, 3.63) is 42.1 Å². The molecule has 0 saturated heterocycles. The lowest BCUT2D eigenvalue weighted by atomic mass is 10.3. The van der Waals surface area contributed by atoms with Crippen molar-refractivity contribution in [2.75, 3.05) is 6.54 Å². The van der Waals surface area contributed by atoms with Gasteiger partial charge in [-0.1, -0.05) is 6.92 Å². The molecule has 5 heteroatoms. The van der Waals surface area contributed by atoms with Crippen LogP contribution in [-0.2, 0) is 6.54 Å². The van der Waals surface area contributed by atoms with Crippen molar-refractivity contribution in [2.24, 2.45) is 0 Å². The predicted molar refractivity (Wildman–Crippen MR) is 62.6 cm³/mol. The molecule has 17 heavy (non-hydrogen) atoms. The summed E-state index contributed by atoms with van der Waals surface area (Å²) in [7, 11) is 0. The number of nitrogens with zero attached hydrogens (tertiary/aromatic N) is 3. The highest BCUT2D eigenvalue weighted by atomic mass is 19.1. The van der Waals surface area contributed by atoms with Gasteiger partial charge in [0.2, 0.25) is 0 Å². The standard InChI is InChI=1S/C12H13FN4/c1-2-14-8-10-5-6-15-12(17-10)11-4-3-9(13)7-16-11/h3-7,14H,2,8H2,1H3. The highest BCUT2D eigenvalue weighted by Gasteiger charge is 2.04. The van der Waals surface area contributed by atoms with Gasteiger partial charge in [0.15, 0.2) is 5.82 Å². The Labute approximate surface area is 99.0 Å². The Morgan fingerprint density at radius 1 is 1.24 bits per heavy atom. The van der Waals surface area contributed by atoms with Crippen LogP contribution in [0, 0.1) is 5.82 Å². The predicted octanol–water partition coefficient (Wildman–Crippen LogP) is 1.79. The Morgan fingerprint density at radius 3 is 2.82 bits per heavy atom. The Hall–Kier alpha value is -1.88. The van der Waals surface area contributed by atoms with E-state index in [2.05, 4.69) is 20.3 Å². The van der Waals surface area contributed by atoms with Crippen molar-refractivity contribution >= 4 is 0 Å². The molecule has 0 unspecified atom stereocenters. The largest absolute Gasteiger partial charge is 0.311 e. The third-order valence-electron chi connectivity index (χ3n) is 2.23. The third-order valence-corrected chi connectivity index (χ3v) is 2.23. The highest BCUT2D eigenvalue weighted by molar-refractivity contribution is 5.48. The topological polar surface area (TPSA) is 50.7 Å². The molecule has 0 aliphatic carbocycles. The summed E-state index contributed by atoms with van der Waals surface area (Å²) in [6.07, 6.45) is 2.84. The fourth-order valence-corrected chi connectivity index (χ4v) is 1.38. The first kappa shape index (κ1) is 11.6. The molecule has 2 heterocycles. The van der Waals surface area contributed by atoms with Gasteiger partial charge in [0.25, 0.3) is 0 Å². The molecule has 0 saturated carbocycles. The van der Waals surface area contributed by atoms with E-state index in [-0.39, 0.29) is 5.82 Å². The Morgan fingerprint density at radius 2 is 2.12 bits per heavy atom. The molecule has 88 valence electrons. The molecule has 0 fully saturated rings. The first-order valence-corrected chi connectivity index (χ1v) is 5.44. The van der Waals surface area contributed by atoms with Crippen LogP contribution in [0.15, 0.2) is 30.6 Å². The monoisotopic (exact) mass is 232 g/mol. The molecule has 2 rings (SSSR count). The molecular weight excluding hydrogens is 219 g/mol. The van der Waals surface area contributed by atoms with Crippen molar-refractivity contribution in [1.29, 1.82) is 0 Å². The summed E-state index contributed by atoms with van der Waals surface area (Å²) in [5, 5.41) is 3.18. The average Bonchev–Trinajstić information content (AvgIpc) is 2.37. The molecule has 0 atom stereocenters. The second kappa shape index (κ2) is 5.45. The smallest absolute Gasteiger partial charge is 0.178 e. The lowest BCUT2D eigenvalue weighted by molar-refractivity contribution is 0.621. The van der Waals surface area contributed by atoms with Crippen molar-refractivity contribution in [2.45, 2.75) is 13.5 Å². The minimum absolute atomic E-state index is 0.363. The lowest BCUT2D eigenvalue weighted by Gasteiger charge is -2.03. The number of aromatic nitrogens is 3. The fourth-order valence-electron chi connectivity index (χ4n) is 1.38. The van der Waals surface area contributed by atoms with Crippen molar-refractivity contribution < 1.29 is 4.39 Å². The first-order valence-electron chi connectivity index (χ1n) is 5.44. The van der Waals surface area contributed by atoms with E-state index >= 15 is 0 Å². The average molecular weight is 232 g/mol. The second-order valence-corrected chi connectivity index (χ2v) is 3.51. The molecule has 0 aliphatic rings. The Kier molecular flexibility index (Phi) is 3.72. The van der Waals surface area contributed by atoms with Crippen LogP contribution in [0.3, 0.4) is 0 Å². The van der Waals surface area contributed by atoms with E-state index in [1.807, 2.05) is 13.0 Å². The van der Waals surface area contributed by atoms with Gasteiger partial charge in [-0.05, 0) is 24.7 Å². The van der Waals surface area contributed by atoms with Crippen molar-refractivity contribution in [3.8, 4) is 11.5 Å². The van der Waals surface area contributed by atoms with Gasteiger partial charge < -0.3 is 5.32 Å². The van der Waals surface area contributed by atoms with E-state index < -0.39 is 0 Å². The maximum Gasteiger partial charge on any atom is 0.178 e. The van der Waals surface area contributed by atoms with E-state index in [1.54, 1.807) is 12.3 Å². The summed E-state index contributed by atoms with van der Waals surface area (Å²) in [6, 6.07) is 4.76. The van der Waals surface area contributed by atoms with Crippen molar-refractivity contribution in [1.82, 2.24) is 20.3 Å². The summed E-state index contributed by atoms with van der Waals surface area (Å²) >= 11 is 0. The summed E-state index contributed by atoms with van der Waals surface area (Å²) in [5.41, 5.74) is 1.47. The van der Waals surface area contributed by atoms with Gasteiger partial charge in [0.05, 0.1) is 11.9 Å². The van der Waals surface area contributed by atoms with Crippen LogP contribution in [0.5, 0.6) is 0 Å². The van der Waals surface area contributed by atoms with E-state index in [9.17, 15) is 4.39 Å². The van der Waals surface area contributed by atoms with Crippen LogP contribution in [0.4, 0.5) is 4.39 Å². The van der Waals surface area contributed by atoms with Crippen LogP contribution in [0.2, 0.25) is 0 Å². The molecule has 0 aromatic carbocycles. The molecule has 0 spiro atoms. The molecule has 0 aliphatic heterocycles. The molecule has 1 N–H and O–H groups in total. The van der Waals surface area contributed by atoms with Crippen LogP contribution in [0.25, 0.3) is 11.5 Å². The third kappa shape index (κ3) is 3.04. The van der Waals surface area contributed by atoms with E-state index in [1.165, 1.54) is 6.07 Å². The summed E-state index contributed by atoms with van der Waals surface area (Å²) in [5.74, 6) is 0.151. The zero-order chi connectivity index (χ0) is 12.1. The van der Waals surface area contributed by atoms with Gasteiger partial charge in [-0.15, -0.1) is 0 Å². The van der Waals surface area contributed by atoms with Crippen LogP contribution >= 0.6 is 0 Å². The summed E-state index contributed by atoms with van der Waals surface area (Å²) < 4.78 is 12.7. The van der Waals surface area contributed by atoms with Gasteiger partial charge in [-0.3, -0.25) is 0 Å². The quantitative estimate of drug-likeness (QED) is 0.873. The maximum absolute atomic E-state index is 12.7. The molecule has 2 aromatic heterocycles. The van der Waals surface area contributed by atoms with E-state index in [4.69, 9.17) is 0 Å². The molecular formula is C12H13FN4. The fraction of sp³-hybridized carbons (Fsp3) is 0.250. The first-order chi connectivity index (χ1) is 8.29. The highest BCUT2D eigenvalue weighted by Crippen LogP contribution is 2.11. The van der Waals surface area contributed by atoms with Crippen LogP contribution in [-0.4, -0.2) is 21.5 Å². The van der Waals surface area contributed by atoms with Gasteiger partial charge in [0.1, 0.15) is 11.5 Å². The minimum Gasteiger partial charge on any atom is -0.311 e. The number of halogens is 1. The van der Waals surface area contributed by atoms with Crippen molar-refractivity contribution in [3.63, 3.8) is 0 Å². The summed E-state index contributed by atoms with van der Waals surface area (Å²) in [6.45, 7) is 3.60. The number of hydrogen-bond acceptors (Lipinski definition) is 4. The SMILES string of the molecule is CCNCc1ccnc(-c2ccc(F)cn2)n1. The zero-order valence-electron chi connectivity index (χ0n) is 9.52. The lowest BCUT2D eigenvalue weighted by Crippen LogP contribution is -2.13. The molecule has 2 aromatic rings.